The third-order valence-corrected chi connectivity index (χ3v) is 8.54. The summed E-state index contributed by atoms with van der Waals surface area (Å²) in [7, 11) is -4.21. The van der Waals surface area contributed by atoms with E-state index in [0.717, 1.165) is 31.7 Å². The second-order valence-electron chi connectivity index (χ2n) is 8.85. The van der Waals surface area contributed by atoms with E-state index < -0.39 is 26.8 Å². The second kappa shape index (κ2) is 12.2. The molecule has 1 heterocycles. The molecule has 1 aliphatic heterocycles. The van der Waals surface area contributed by atoms with Gasteiger partial charge in [-0.2, -0.15) is 16.5 Å². The molecule has 0 bridgehead atoms. The van der Waals surface area contributed by atoms with Gasteiger partial charge in [0.25, 0.3) is 0 Å². The lowest BCUT2D eigenvalue weighted by molar-refractivity contribution is -0.137. The summed E-state index contributed by atoms with van der Waals surface area (Å²) in [5.41, 5.74) is 0. The van der Waals surface area contributed by atoms with Crippen LogP contribution in [0.4, 0.5) is 4.39 Å². The third kappa shape index (κ3) is 7.16. The van der Waals surface area contributed by atoms with Crippen molar-refractivity contribution < 1.29 is 22.4 Å². The number of nitrogens with zero attached hydrogens (tertiary/aromatic N) is 1. The highest BCUT2D eigenvalue weighted by molar-refractivity contribution is 7.98. The molecular formula is C23H34FN3O4S2. The highest BCUT2D eigenvalue weighted by Gasteiger charge is 2.35. The maximum atomic E-state index is 14.1. The standard InChI is InChI=1S/C23H34FN3O4S2/c1-32-15-13-20(26-33(30,31)21-12-6-5-11-19(21)24)23(29)27-14-7-8-17(16-27)22(28)25-18-9-3-2-4-10-18/h5-6,11-12,17-18,20,26H,2-4,7-10,13-16H2,1H3,(H,25,28). The van der Waals surface area contributed by atoms with E-state index in [1.54, 1.807) is 4.90 Å². The first kappa shape index (κ1) is 26.0. The average molecular weight is 500 g/mol. The molecule has 0 aromatic heterocycles. The van der Waals surface area contributed by atoms with E-state index in [1.165, 1.54) is 36.4 Å². The van der Waals surface area contributed by atoms with Gasteiger partial charge in [-0.05, 0) is 56.2 Å². The number of halogens is 1. The van der Waals surface area contributed by atoms with Crippen molar-refractivity contribution in [3.05, 3.63) is 30.1 Å². The third-order valence-electron chi connectivity index (χ3n) is 6.39. The number of piperidine rings is 1. The summed E-state index contributed by atoms with van der Waals surface area (Å²) in [4.78, 5) is 27.3. The molecule has 0 spiro atoms. The molecule has 184 valence electrons. The number of likely N-dealkylation sites (tertiary alicyclic amines) is 1. The molecule has 2 N–H and O–H groups in total. The molecule has 2 fully saturated rings. The van der Waals surface area contributed by atoms with Crippen LogP contribution >= 0.6 is 11.8 Å². The summed E-state index contributed by atoms with van der Waals surface area (Å²) < 4.78 is 42.2. The summed E-state index contributed by atoms with van der Waals surface area (Å²) in [6.45, 7) is 0.748. The molecule has 1 aliphatic carbocycles. The SMILES string of the molecule is CSCCC(NS(=O)(=O)c1ccccc1F)C(=O)N1CCCC(C(=O)NC2CCCCC2)C1. The van der Waals surface area contributed by atoms with Gasteiger partial charge in [0.2, 0.25) is 21.8 Å². The minimum atomic E-state index is -4.21. The minimum absolute atomic E-state index is 0.0213. The molecule has 1 saturated carbocycles. The van der Waals surface area contributed by atoms with Gasteiger partial charge in [-0.3, -0.25) is 9.59 Å². The van der Waals surface area contributed by atoms with E-state index in [2.05, 4.69) is 10.0 Å². The Balaban J connectivity index is 1.67. The molecule has 3 rings (SSSR count). The zero-order valence-corrected chi connectivity index (χ0v) is 20.7. The van der Waals surface area contributed by atoms with Crippen molar-refractivity contribution in [2.24, 2.45) is 5.92 Å². The lowest BCUT2D eigenvalue weighted by atomic mass is 9.92. The fraction of sp³-hybridized carbons (Fsp3) is 0.652. The van der Waals surface area contributed by atoms with Crippen molar-refractivity contribution in [1.82, 2.24) is 14.9 Å². The van der Waals surface area contributed by atoms with Crippen LogP contribution in [0, 0.1) is 11.7 Å². The molecule has 1 saturated heterocycles. The second-order valence-corrected chi connectivity index (χ2v) is 11.5. The van der Waals surface area contributed by atoms with Gasteiger partial charge >= 0.3 is 0 Å². The smallest absolute Gasteiger partial charge is 0.244 e. The Morgan fingerprint density at radius 3 is 2.58 bits per heavy atom. The maximum absolute atomic E-state index is 14.1. The van der Waals surface area contributed by atoms with Crippen LogP contribution in [0.3, 0.4) is 0 Å². The molecule has 1 aromatic carbocycles. The Hall–Kier alpha value is -1.65. The van der Waals surface area contributed by atoms with Crippen LogP contribution < -0.4 is 10.0 Å². The van der Waals surface area contributed by atoms with Gasteiger partial charge in [0.1, 0.15) is 16.8 Å². The van der Waals surface area contributed by atoms with Gasteiger partial charge in [0.05, 0.1) is 5.92 Å². The number of carbonyl (C=O) groups excluding carboxylic acids is 2. The zero-order valence-electron chi connectivity index (χ0n) is 19.1. The number of rotatable bonds is 9. The number of sulfonamides is 1. The number of hydrogen-bond donors (Lipinski definition) is 2. The van der Waals surface area contributed by atoms with Crippen LogP contribution in [0.5, 0.6) is 0 Å². The predicted octanol–water partition coefficient (Wildman–Crippen LogP) is 2.91. The van der Waals surface area contributed by atoms with Crippen LogP contribution in [0.2, 0.25) is 0 Å². The largest absolute Gasteiger partial charge is 0.353 e. The lowest BCUT2D eigenvalue weighted by Crippen LogP contribution is -2.53. The van der Waals surface area contributed by atoms with Crippen molar-refractivity contribution >= 4 is 33.6 Å². The molecular weight excluding hydrogens is 465 g/mol. The van der Waals surface area contributed by atoms with Crippen molar-refractivity contribution in [2.75, 3.05) is 25.1 Å². The van der Waals surface area contributed by atoms with E-state index in [0.29, 0.717) is 25.1 Å². The Morgan fingerprint density at radius 2 is 1.88 bits per heavy atom. The predicted molar refractivity (Wildman–Crippen MR) is 128 cm³/mol. The minimum Gasteiger partial charge on any atom is -0.353 e. The molecule has 0 radical (unpaired) electrons. The fourth-order valence-electron chi connectivity index (χ4n) is 4.56. The Kier molecular flexibility index (Phi) is 9.57. The normalized spacial score (nSPS) is 20.9. The van der Waals surface area contributed by atoms with E-state index in [4.69, 9.17) is 0 Å². The van der Waals surface area contributed by atoms with Gasteiger partial charge in [-0.25, -0.2) is 12.8 Å². The van der Waals surface area contributed by atoms with E-state index >= 15 is 0 Å². The molecule has 2 atom stereocenters. The van der Waals surface area contributed by atoms with Crippen molar-refractivity contribution in [3.8, 4) is 0 Å². The topological polar surface area (TPSA) is 95.6 Å². The van der Waals surface area contributed by atoms with Crippen LogP contribution in [-0.2, 0) is 19.6 Å². The Morgan fingerprint density at radius 1 is 1.15 bits per heavy atom. The first-order chi connectivity index (χ1) is 15.8. The van der Waals surface area contributed by atoms with E-state index in [1.807, 2.05) is 6.26 Å². The molecule has 1 aromatic rings. The fourth-order valence-corrected chi connectivity index (χ4v) is 6.33. The van der Waals surface area contributed by atoms with E-state index in [-0.39, 0.29) is 36.7 Å². The van der Waals surface area contributed by atoms with E-state index in [9.17, 15) is 22.4 Å². The molecule has 7 nitrogen and oxygen atoms in total. The molecule has 33 heavy (non-hydrogen) atoms. The Labute approximate surface area is 200 Å². The van der Waals surface area contributed by atoms with Crippen molar-refractivity contribution in [1.29, 1.82) is 0 Å². The maximum Gasteiger partial charge on any atom is 0.244 e. The molecule has 2 unspecified atom stereocenters. The highest BCUT2D eigenvalue weighted by Crippen LogP contribution is 2.22. The van der Waals surface area contributed by atoms with Gasteiger partial charge in [0, 0.05) is 19.1 Å². The summed E-state index contributed by atoms with van der Waals surface area (Å²) in [5.74, 6) is -0.978. The number of benzene rings is 1. The molecule has 2 amide bonds. The number of thioether (sulfide) groups is 1. The summed E-state index contributed by atoms with van der Waals surface area (Å²) in [6.07, 6.45) is 8.99. The van der Waals surface area contributed by atoms with Gasteiger partial charge < -0.3 is 10.2 Å². The lowest BCUT2D eigenvalue weighted by Gasteiger charge is -2.35. The number of nitrogens with one attached hydrogen (secondary N) is 2. The van der Waals surface area contributed by atoms with Crippen molar-refractivity contribution in [2.45, 2.75) is 68.3 Å². The summed E-state index contributed by atoms with van der Waals surface area (Å²) >= 11 is 1.50. The van der Waals surface area contributed by atoms with Crippen LogP contribution in [0.1, 0.15) is 51.4 Å². The Bertz CT molecular complexity index is 922. The van der Waals surface area contributed by atoms with Gasteiger partial charge in [-0.15, -0.1) is 0 Å². The number of hydrogen-bond acceptors (Lipinski definition) is 5. The van der Waals surface area contributed by atoms with Gasteiger partial charge in [0.15, 0.2) is 0 Å². The quantitative estimate of drug-likeness (QED) is 0.545. The highest BCUT2D eigenvalue weighted by atomic mass is 32.2. The summed E-state index contributed by atoms with van der Waals surface area (Å²) in [5, 5.41) is 3.14. The summed E-state index contributed by atoms with van der Waals surface area (Å²) in [6, 6.07) is 4.31. The zero-order chi connectivity index (χ0) is 23.8. The van der Waals surface area contributed by atoms with Crippen molar-refractivity contribution in [3.63, 3.8) is 0 Å². The average Bonchev–Trinajstić information content (AvgIpc) is 2.82. The number of carbonyl (C=O) groups is 2. The van der Waals surface area contributed by atoms with Crippen LogP contribution in [-0.4, -0.2) is 62.3 Å². The van der Waals surface area contributed by atoms with Crippen LogP contribution in [0.15, 0.2) is 29.2 Å². The first-order valence-corrected chi connectivity index (χ1v) is 14.5. The number of amides is 2. The van der Waals surface area contributed by atoms with Crippen LogP contribution in [0.25, 0.3) is 0 Å². The molecule has 10 heteroatoms. The monoisotopic (exact) mass is 499 g/mol. The molecule has 2 aliphatic rings. The first-order valence-electron chi connectivity index (χ1n) is 11.7. The van der Waals surface area contributed by atoms with Gasteiger partial charge in [-0.1, -0.05) is 31.4 Å².